The van der Waals surface area contributed by atoms with Gasteiger partial charge in [0.2, 0.25) is 0 Å². The van der Waals surface area contributed by atoms with Crippen molar-refractivity contribution in [3.8, 4) is 28.2 Å². The first kappa shape index (κ1) is 21.0. The summed E-state index contributed by atoms with van der Waals surface area (Å²) in [5, 5.41) is 4.71. The Kier molecular flexibility index (Phi) is 4.52. The van der Waals surface area contributed by atoms with Crippen molar-refractivity contribution < 1.29 is 4.42 Å². The Bertz CT molecular complexity index is 2060. The summed E-state index contributed by atoms with van der Waals surface area (Å²) < 4.78 is 8.65. The molecule has 0 unspecified atom stereocenters. The number of rotatable bonds is 3. The standard InChI is InChI=1S/C35H22N2O/c1-3-11-23(12-4-1)30-19-25(20-31(36-30)24-13-5-2-6-14-24)37-32-17-9-7-15-26(32)28-21-29-27-16-8-10-18-34(27)38-35(29)22-33(28)37/h1-22H. The second-order valence-electron chi connectivity index (χ2n) is 9.64. The largest absolute Gasteiger partial charge is 0.456 e. The highest BCUT2D eigenvalue weighted by atomic mass is 16.3. The molecule has 0 amide bonds. The van der Waals surface area contributed by atoms with Crippen molar-refractivity contribution in [2.75, 3.05) is 0 Å². The first-order valence-corrected chi connectivity index (χ1v) is 12.8. The molecule has 8 aromatic rings. The van der Waals surface area contributed by atoms with E-state index in [1.54, 1.807) is 0 Å². The van der Waals surface area contributed by atoms with E-state index in [0.29, 0.717) is 0 Å². The predicted octanol–water partition coefficient (Wildman–Crippen LogP) is 9.41. The van der Waals surface area contributed by atoms with Crippen LogP contribution in [0.3, 0.4) is 0 Å². The third kappa shape index (κ3) is 3.19. The lowest BCUT2D eigenvalue weighted by Crippen LogP contribution is -1.98. The summed E-state index contributed by atoms with van der Waals surface area (Å²) in [7, 11) is 0. The molecule has 38 heavy (non-hydrogen) atoms. The summed E-state index contributed by atoms with van der Waals surface area (Å²) in [6.07, 6.45) is 0. The van der Waals surface area contributed by atoms with Crippen LogP contribution in [0.2, 0.25) is 0 Å². The van der Waals surface area contributed by atoms with Crippen LogP contribution in [0.5, 0.6) is 0 Å². The van der Waals surface area contributed by atoms with Gasteiger partial charge in [-0.25, -0.2) is 4.98 Å². The molecule has 0 aliphatic rings. The van der Waals surface area contributed by atoms with Gasteiger partial charge in [0.15, 0.2) is 0 Å². The monoisotopic (exact) mass is 486 g/mol. The van der Waals surface area contributed by atoms with Crippen molar-refractivity contribution in [2.24, 2.45) is 0 Å². The minimum atomic E-state index is 0.892. The third-order valence-electron chi connectivity index (χ3n) is 7.38. The fraction of sp³-hybridized carbons (Fsp3) is 0. The topological polar surface area (TPSA) is 31.0 Å². The van der Waals surface area contributed by atoms with E-state index in [4.69, 9.17) is 9.40 Å². The molecule has 0 radical (unpaired) electrons. The lowest BCUT2D eigenvalue weighted by molar-refractivity contribution is 0.669. The number of fused-ring (bicyclic) bond motifs is 6. The molecule has 0 aliphatic heterocycles. The van der Waals surface area contributed by atoms with E-state index in [1.165, 1.54) is 10.8 Å². The van der Waals surface area contributed by atoms with Gasteiger partial charge in [-0.1, -0.05) is 97.1 Å². The Hall–Kier alpha value is -5.15. The lowest BCUT2D eigenvalue weighted by Gasteiger charge is -2.13. The number of hydrogen-bond acceptors (Lipinski definition) is 2. The Morgan fingerprint density at radius 3 is 1.76 bits per heavy atom. The Balaban J connectivity index is 1.48. The van der Waals surface area contributed by atoms with Crippen molar-refractivity contribution in [3.63, 3.8) is 0 Å². The summed E-state index contributed by atoms with van der Waals surface area (Å²) >= 11 is 0. The highest BCUT2D eigenvalue weighted by Crippen LogP contribution is 2.39. The van der Waals surface area contributed by atoms with E-state index < -0.39 is 0 Å². The maximum absolute atomic E-state index is 6.31. The first-order valence-electron chi connectivity index (χ1n) is 12.8. The summed E-state index contributed by atoms with van der Waals surface area (Å²) in [4.78, 5) is 5.09. The molecule has 3 nitrogen and oxygen atoms in total. The SMILES string of the molecule is c1ccc(-c2cc(-n3c4ccccc4c4cc5c(cc43)oc3ccccc35)cc(-c3ccccc3)n2)cc1. The summed E-state index contributed by atoms with van der Waals surface area (Å²) in [5.41, 5.74) is 9.20. The maximum Gasteiger partial charge on any atom is 0.137 e. The van der Waals surface area contributed by atoms with Crippen LogP contribution in [0.4, 0.5) is 0 Å². The molecule has 0 aliphatic carbocycles. The molecule has 0 N–H and O–H groups in total. The van der Waals surface area contributed by atoms with E-state index in [9.17, 15) is 0 Å². The molecule has 178 valence electrons. The van der Waals surface area contributed by atoms with Crippen LogP contribution in [-0.4, -0.2) is 9.55 Å². The van der Waals surface area contributed by atoms with Gasteiger partial charge in [-0.05, 0) is 30.3 Å². The van der Waals surface area contributed by atoms with Crippen molar-refractivity contribution >= 4 is 43.7 Å². The molecule has 8 rings (SSSR count). The molecule has 0 fully saturated rings. The Morgan fingerprint density at radius 1 is 0.447 bits per heavy atom. The summed E-state index contributed by atoms with van der Waals surface area (Å²) in [6.45, 7) is 0. The molecular weight excluding hydrogens is 464 g/mol. The van der Waals surface area contributed by atoms with Crippen molar-refractivity contribution in [2.45, 2.75) is 0 Å². The van der Waals surface area contributed by atoms with Crippen LogP contribution in [0.25, 0.3) is 71.9 Å². The minimum absolute atomic E-state index is 0.892. The average molecular weight is 487 g/mol. The van der Waals surface area contributed by atoms with E-state index in [1.807, 2.05) is 24.3 Å². The van der Waals surface area contributed by atoms with Gasteiger partial charge >= 0.3 is 0 Å². The highest BCUT2D eigenvalue weighted by molar-refractivity contribution is 6.17. The predicted molar refractivity (Wildman–Crippen MR) is 157 cm³/mol. The molecule has 0 saturated carbocycles. The van der Waals surface area contributed by atoms with Gasteiger partial charge in [-0.15, -0.1) is 0 Å². The quantitative estimate of drug-likeness (QED) is 0.249. The molecule has 0 spiro atoms. The van der Waals surface area contributed by atoms with Crippen molar-refractivity contribution in [1.82, 2.24) is 9.55 Å². The number of hydrogen-bond donors (Lipinski definition) is 0. The fourth-order valence-corrected chi connectivity index (χ4v) is 5.62. The molecular formula is C35H22N2O. The van der Waals surface area contributed by atoms with E-state index >= 15 is 0 Å². The van der Waals surface area contributed by atoms with Gasteiger partial charge in [0, 0.05) is 38.7 Å². The molecule has 3 aromatic heterocycles. The highest BCUT2D eigenvalue weighted by Gasteiger charge is 2.18. The summed E-state index contributed by atoms with van der Waals surface area (Å²) in [5.74, 6) is 0. The first-order chi connectivity index (χ1) is 18.8. The van der Waals surface area contributed by atoms with Crippen LogP contribution in [0, 0.1) is 0 Å². The maximum atomic E-state index is 6.31. The van der Waals surface area contributed by atoms with E-state index in [0.717, 1.165) is 61.2 Å². The zero-order valence-electron chi connectivity index (χ0n) is 20.5. The van der Waals surface area contributed by atoms with Gasteiger partial charge in [-0.2, -0.15) is 0 Å². The van der Waals surface area contributed by atoms with Crippen LogP contribution < -0.4 is 0 Å². The number of pyridine rings is 1. The van der Waals surface area contributed by atoms with E-state index in [-0.39, 0.29) is 0 Å². The van der Waals surface area contributed by atoms with Gasteiger partial charge in [0.25, 0.3) is 0 Å². The minimum Gasteiger partial charge on any atom is -0.456 e. The third-order valence-corrected chi connectivity index (χ3v) is 7.38. The number of nitrogens with zero attached hydrogens (tertiary/aromatic N) is 2. The van der Waals surface area contributed by atoms with Gasteiger partial charge < -0.3 is 8.98 Å². The Labute approximate surface area is 219 Å². The molecule has 0 bridgehead atoms. The molecule has 0 atom stereocenters. The number of para-hydroxylation sites is 2. The number of furan rings is 1. The molecule has 5 aromatic carbocycles. The zero-order valence-corrected chi connectivity index (χ0v) is 20.5. The number of aromatic nitrogens is 2. The normalized spacial score (nSPS) is 11.7. The van der Waals surface area contributed by atoms with E-state index in [2.05, 4.69) is 114 Å². The smallest absolute Gasteiger partial charge is 0.137 e. The van der Waals surface area contributed by atoms with Gasteiger partial charge in [0.05, 0.1) is 28.1 Å². The second kappa shape index (κ2) is 8.19. The second-order valence-corrected chi connectivity index (χ2v) is 9.64. The van der Waals surface area contributed by atoms with Crippen LogP contribution in [0.15, 0.2) is 138 Å². The fourth-order valence-electron chi connectivity index (χ4n) is 5.62. The zero-order chi connectivity index (χ0) is 25.1. The lowest BCUT2D eigenvalue weighted by atomic mass is 10.1. The van der Waals surface area contributed by atoms with Gasteiger partial charge in [0.1, 0.15) is 11.2 Å². The van der Waals surface area contributed by atoms with Crippen LogP contribution in [-0.2, 0) is 0 Å². The van der Waals surface area contributed by atoms with Crippen molar-refractivity contribution in [1.29, 1.82) is 0 Å². The van der Waals surface area contributed by atoms with Gasteiger partial charge in [-0.3, -0.25) is 0 Å². The average Bonchev–Trinajstić information content (AvgIpc) is 3.51. The summed E-state index contributed by atoms with van der Waals surface area (Å²) in [6, 6.07) is 46.5. The Morgan fingerprint density at radius 2 is 1.05 bits per heavy atom. The number of benzene rings is 5. The molecule has 3 heterocycles. The molecule has 3 heteroatoms. The van der Waals surface area contributed by atoms with Crippen LogP contribution >= 0.6 is 0 Å². The van der Waals surface area contributed by atoms with Crippen LogP contribution in [0.1, 0.15) is 0 Å². The molecule has 0 saturated heterocycles. The van der Waals surface area contributed by atoms with Crippen molar-refractivity contribution in [3.05, 3.63) is 133 Å².